The van der Waals surface area contributed by atoms with E-state index in [0.717, 1.165) is 73.1 Å². The van der Waals surface area contributed by atoms with Gasteiger partial charge in [-0.1, -0.05) is 43.9 Å². The Morgan fingerprint density at radius 2 is 1.27 bits per heavy atom. The molecule has 0 saturated heterocycles. The van der Waals surface area contributed by atoms with Crippen molar-refractivity contribution >= 4 is 48.4 Å². The van der Waals surface area contributed by atoms with Gasteiger partial charge in [0.1, 0.15) is 0 Å². The van der Waals surface area contributed by atoms with Crippen molar-refractivity contribution in [3.05, 3.63) is 36.4 Å². The van der Waals surface area contributed by atoms with Crippen LogP contribution < -0.4 is 10.6 Å². The Kier molecular flexibility index (Phi) is 6.74. The zero-order valence-electron chi connectivity index (χ0n) is 17.0. The second-order valence-electron chi connectivity index (χ2n) is 8.34. The molecular weight excluding hydrogens is 412 g/mol. The Morgan fingerprint density at radius 1 is 0.733 bits per heavy atom. The Morgan fingerprint density at radius 3 is 1.87 bits per heavy atom. The van der Waals surface area contributed by atoms with Crippen molar-refractivity contribution in [3.8, 4) is 11.1 Å². The first kappa shape index (κ1) is 21.3. The van der Waals surface area contributed by atoms with E-state index in [1.54, 1.807) is 0 Å². The minimum atomic E-state index is 0.0564. The van der Waals surface area contributed by atoms with Gasteiger partial charge < -0.3 is 10.6 Å². The maximum atomic E-state index is 12.8. The number of hydrogen-bond acceptors (Lipinski definition) is 4. The van der Waals surface area contributed by atoms with Gasteiger partial charge in [-0.05, 0) is 43.9 Å². The second kappa shape index (κ2) is 9.48. The Bertz CT molecular complexity index is 948. The highest BCUT2D eigenvalue weighted by molar-refractivity contribution is 7.83. The first-order valence-corrected chi connectivity index (χ1v) is 11.7. The summed E-state index contributed by atoms with van der Waals surface area (Å²) in [7, 11) is 0. The van der Waals surface area contributed by atoms with Crippen molar-refractivity contribution in [2.45, 2.75) is 61.2 Å². The molecule has 2 fully saturated rings. The average Bonchev–Trinajstić information content (AvgIpc) is 3.46. The van der Waals surface area contributed by atoms with Gasteiger partial charge in [0.15, 0.2) is 0 Å². The monoisotopic (exact) mass is 440 g/mol. The summed E-state index contributed by atoms with van der Waals surface area (Å²) in [6.45, 7) is 0. The van der Waals surface area contributed by atoms with Crippen molar-refractivity contribution in [2.75, 3.05) is 10.6 Å². The summed E-state index contributed by atoms with van der Waals surface area (Å²) >= 11 is 9.25. The zero-order valence-corrected chi connectivity index (χ0v) is 18.8. The largest absolute Gasteiger partial charge is 0.325 e. The van der Waals surface area contributed by atoms with Gasteiger partial charge in [-0.3, -0.25) is 9.59 Å². The molecule has 0 bridgehead atoms. The van der Waals surface area contributed by atoms with Crippen LogP contribution in [0.15, 0.2) is 46.2 Å². The molecule has 2 aliphatic rings. The second-order valence-corrected chi connectivity index (χ2v) is 9.27. The first-order valence-electron chi connectivity index (χ1n) is 10.8. The van der Waals surface area contributed by atoms with E-state index in [-0.39, 0.29) is 23.7 Å². The maximum absolute atomic E-state index is 12.8. The fraction of sp³-hybridized carbons (Fsp3) is 0.417. The average molecular weight is 441 g/mol. The summed E-state index contributed by atoms with van der Waals surface area (Å²) in [5, 5.41) is 6.24. The SMILES string of the molecule is O=C(Nc1ccccc1-c1c(NC(=O)C2CCCC2)ccc(S)c1S)C1CCCC1. The van der Waals surface area contributed by atoms with Crippen LogP contribution in [0.3, 0.4) is 0 Å². The van der Waals surface area contributed by atoms with Crippen LogP contribution in [0.25, 0.3) is 11.1 Å². The van der Waals surface area contributed by atoms with Gasteiger partial charge in [0, 0.05) is 44.1 Å². The molecule has 0 heterocycles. The van der Waals surface area contributed by atoms with Crippen LogP contribution in [0.1, 0.15) is 51.4 Å². The number of carbonyl (C=O) groups excluding carboxylic acids is 2. The molecule has 0 radical (unpaired) electrons. The highest BCUT2D eigenvalue weighted by Crippen LogP contribution is 2.42. The molecule has 6 heteroatoms. The van der Waals surface area contributed by atoms with Gasteiger partial charge in [0.05, 0.1) is 0 Å². The Hall–Kier alpha value is -1.92. The molecule has 4 rings (SSSR count). The molecule has 4 nitrogen and oxygen atoms in total. The zero-order chi connectivity index (χ0) is 21.1. The van der Waals surface area contributed by atoms with Crippen molar-refractivity contribution in [3.63, 3.8) is 0 Å². The van der Waals surface area contributed by atoms with Gasteiger partial charge in [0.2, 0.25) is 11.8 Å². The van der Waals surface area contributed by atoms with Crippen LogP contribution in [0.4, 0.5) is 11.4 Å². The predicted molar refractivity (Wildman–Crippen MR) is 128 cm³/mol. The highest BCUT2D eigenvalue weighted by atomic mass is 32.1. The summed E-state index contributed by atoms with van der Waals surface area (Å²) in [6, 6.07) is 11.4. The van der Waals surface area contributed by atoms with Gasteiger partial charge >= 0.3 is 0 Å². The number of thiol groups is 2. The molecular formula is C24H28N2O2S2. The minimum Gasteiger partial charge on any atom is -0.325 e. The third-order valence-electron chi connectivity index (χ3n) is 6.32. The van der Waals surface area contributed by atoms with E-state index in [1.807, 2.05) is 36.4 Å². The lowest BCUT2D eigenvalue weighted by Gasteiger charge is -2.20. The topological polar surface area (TPSA) is 58.2 Å². The molecule has 2 saturated carbocycles. The van der Waals surface area contributed by atoms with E-state index in [4.69, 9.17) is 12.6 Å². The van der Waals surface area contributed by atoms with Gasteiger partial charge in [-0.25, -0.2) is 0 Å². The fourth-order valence-electron chi connectivity index (χ4n) is 4.61. The van der Waals surface area contributed by atoms with Gasteiger partial charge in [-0.2, -0.15) is 0 Å². The van der Waals surface area contributed by atoms with Crippen LogP contribution in [-0.4, -0.2) is 11.8 Å². The summed E-state index contributed by atoms with van der Waals surface area (Å²) in [4.78, 5) is 27.0. The summed E-state index contributed by atoms with van der Waals surface area (Å²) < 4.78 is 0. The van der Waals surface area contributed by atoms with Gasteiger partial charge in [-0.15, -0.1) is 25.3 Å². The molecule has 2 aliphatic carbocycles. The molecule has 0 unspecified atom stereocenters. The standard InChI is InChI=1S/C24H28N2O2S2/c27-23(15-7-1-2-8-15)25-18-12-6-5-11-17(18)21-19(13-14-20(29)22(21)30)26-24(28)16-9-3-4-10-16/h5-6,11-16,29-30H,1-4,7-10H2,(H,25,27)(H,26,28). The number of nitrogens with one attached hydrogen (secondary N) is 2. The van der Waals surface area contributed by atoms with Crippen LogP contribution in [-0.2, 0) is 9.59 Å². The van der Waals surface area contributed by atoms with Crippen LogP contribution in [0, 0.1) is 11.8 Å². The van der Waals surface area contributed by atoms with Crippen LogP contribution >= 0.6 is 25.3 Å². The molecule has 30 heavy (non-hydrogen) atoms. The predicted octanol–water partition coefficient (Wildman–Crippen LogP) is 6.19. The Balaban J connectivity index is 1.68. The summed E-state index contributed by atoms with van der Waals surface area (Å²) in [5.74, 6) is 0.264. The summed E-state index contributed by atoms with van der Waals surface area (Å²) in [5.41, 5.74) is 3.07. The molecule has 0 atom stereocenters. The van der Waals surface area contributed by atoms with Crippen molar-refractivity contribution in [2.24, 2.45) is 11.8 Å². The minimum absolute atomic E-state index is 0.0564. The maximum Gasteiger partial charge on any atom is 0.227 e. The van der Waals surface area contributed by atoms with Crippen LogP contribution in [0.5, 0.6) is 0 Å². The highest BCUT2D eigenvalue weighted by Gasteiger charge is 2.26. The third-order valence-corrected chi connectivity index (χ3v) is 7.33. The smallest absolute Gasteiger partial charge is 0.227 e. The number of benzene rings is 2. The van der Waals surface area contributed by atoms with Crippen molar-refractivity contribution in [1.29, 1.82) is 0 Å². The quantitative estimate of drug-likeness (QED) is 0.419. The number of rotatable bonds is 5. The normalized spacial score (nSPS) is 17.3. The number of amides is 2. The van der Waals surface area contributed by atoms with Gasteiger partial charge in [0.25, 0.3) is 0 Å². The van der Waals surface area contributed by atoms with Crippen molar-refractivity contribution in [1.82, 2.24) is 0 Å². The third kappa shape index (κ3) is 4.54. The van der Waals surface area contributed by atoms with E-state index >= 15 is 0 Å². The van der Waals surface area contributed by atoms with E-state index in [9.17, 15) is 9.59 Å². The first-order chi connectivity index (χ1) is 14.5. The lowest BCUT2D eigenvalue weighted by molar-refractivity contribution is -0.120. The number of para-hydroxylation sites is 1. The molecule has 2 aromatic carbocycles. The number of hydrogen-bond donors (Lipinski definition) is 4. The molecule has 0 aliphatic heterocycles. The molecule has 2 amide bonds. The van der Waals surface area contributed by atoms with Crippen molar-refractivity contribution < 1.29 is 9.59 Å². The molecule has 0 aromatic heterocycles. The number of carbonyl (C=O) groups is 2. The number of anilines is 2. The molecule has 2 aromatic rings. The van der Waals surface area contributed by atoms with E-state index < -0.39 is 0 Å². The lowest BCUT2D eigenvalue weighted by Crippen LogP contribution is -2.22. The molecule has 0 spiro atoms. The lowest BCUT2D eigenvalue weighted by atomic mass is 9.99. The fourth-order valence-corrected chi connectivity index (χ4v) is 5.11. The van der Waals surface area contributed by atoms with E-state index in [0.29, 0.717) is 10.6 Å². The molecule has 158 valence electrons. The molecule has 2 N–H and O–H groups in total. The van der Waals surface area contributed by atoms with E-state index in [1.165, 1.54) is 0 Å². The Labute approximate surface area is 189 Å². The van der Waals surface area contributed by atoms with E-state index in [2.05, 4.69) is 23.3 Å². The van der Waals surface area contributed by atoms with Crippen LogP contribution in [0.2, 0.25) is 0 Å². The summed E-state index contributed by atoms with van der Waals surface area (Å²) in [6.07, 6.45) is 8.20.